The van der Waals surface area contributed by atoms with Crippen molar-refractivity contribution in [2.45, 2.75) is 26.7 Å². The predicted octanol–water partition coefficient (Wildman–Crippen LogP) is 1.38. The smallest absolute Gasteiger partial charge is 0.0701 e. The Hall–Kier alpha value is -0.200. The number of nitrogens with one attached hydrogen (secondary N) is 1. The highest BCUT2D eigenvalue weighted by molar-refractivity contribution is 4.53. The van der Waals surface area contributed by atoms with Gasteiger partial charge in [-0.25, -0.2) is 0 Å². The van der Waals surface area contributed by atoms with Gasteiger partial charge < -0.3 is 24.4 Å². The minimum Gasteiger partial charge on any atom is -0.379 e. The van der Waals surface area contributed by atoms with Crippen LogP contribution in [0.4, 0.5) is 0 Å². The predicted molar refractivity (Wildman–Crippen MR) is 83.4 cm³/mol. The zero-order valence-electron chi connectivity index (χ0n) is 13.7. The first-order valence-corrected chi connectivity index (χ1v) is 7.93. The lowest BCUT2D eigenvalue weighted by Gasteiger charge is -2.16. The Morgan fingerprint density at radius 1 is 0.800 bits per heavy atom. The van der Waals surface area contributed by atoms with Crippen LogP contribution in [0.2, 0.25) is 0 Å². The number of rotatable bonds is 16. The van der Waals surface area contributed by atoms with E-state index in [1.165, 1.54) is 6.42 Å². The summed E-state index contributed by atoms with van der Waals surface area (Å²) in [7, 11) is 2.12. The third kappa shape index (κ3) is 15.9. The molecule has 0 aromatic rings. The van der Waals surface area contributed by atoms with E-state index >= 15 is 0 Å². The van der Waals surface area contributed by atoms with E-state index < -0.39 is 0 Å². The summed E-state index contributed by atoms with van der Waals surface area (Å²) in [5, 5.41) is 3.31. The van der Waals surface area contributed by atoms with Gasteiger partial charge in [0.05, 0.1) is 33.0 Å². The fraction of sp³-hybridized carbons (Fsp3) is 1.00. The maximum atomic E-state index is 5.53. The van der Waals surface area contributed by atoms with E-state index in [9.17, 15) is 0 Å². The molecule has 5 nitrogen and oxygen atoms in total. The number of hydrogen-bond acceptors (Lipinski definition) is 5. The van der Waals surface area contributed by atoms with E-state index in [-0.39, 0.29) is 0 Å². The van der Waals surface area contributed by atoms with Gasteiger partial charge in [-0.1, -0.05) is 20.3 Å². The van der Waals surface area contributed by atoms with Crippen molar-refractivity contribution in [2.75, 3.05) is 72.9 Å². The van der Waals surface area contributed by atoms with Gasteiger partial charge in [-0.3, -0.25) is 0 Å². The molecule has 0 atom stereocenters. The van der Waals surface area contributed by atoms with E-state index in [2.05, 4.69) is 31.1 Å². The van der Waals surface area contributed by atoms with Gasteiger partial charge in [-0.05, 0) is 20.0 Å². The third-order valence-electron chi connectivity index (χ3n) is 2.92. The molecule has 0 aliphatic carbocycles. The normalized spacial score (nSPS) is 11.4. The van der Waals surface area contributed by atoms with Crippen molar-refractivity contribution in [1.29, 1.82) is 0 Å². The summed E-state index contributed by atoms with van der Waals surface area (Å²) in [5.74, 6) is 0. The van der Waals surface area contributed by atoms with Crippen molar-refractivity contribution in [3.63, 3.8) is 0 Å². The Morgan fingerprint density at radius 3 is 2.00 bits per heavy atom. The fourth-order valence-electron chi connectivity index (χ4n) is 1.57. The van der Waals surface area contributed by atoms with Crippen LogP contribution in [0.1, 0.15) is 26.7 Å². The monoisotopic (exact) mass is 290 g/mol. The second kappa shape index (κ2) is 16.9. The zero-order chi connectivity index (χ0) is 14.9. The lowest BCUT2D eigenvalue weighted by molar-refractivity contribution is 0.0112. The maximum absolute atomic E-state index is 5.53. The Bertz CT molecular complexity index is 183. The topological polar surface area (TPSA) is 43.0 Å². The Labute approximate surface area is 124 Å². The maximum Gasteiger partial charge on any atom is 0.0701 e. The molecule has 122 valence electrons. The lowest BCUT2D eigenvalue weighted by atomic mass is 10.4. The van der Waals surface area contributed by atoms with E-state index in [0.29, 0.717) is 26.4 Å². The van der Waals surface area contributed by atoms with E-state index in [4.69, 9.17) is 14.2 Å². The molecular weight excluding hydrogens is 256 g/mol. The highest BCUT2D eigenvalue weighted by atomic mass is 16.5. The molecular formula is C15H34N2O3. The second-order valence-electron chi connectivity index (χ2n) is 4.85. The average Bonchev–Trinajstić information content (AvgIpc) is 2.45. The van der Waals surface area contributed by atoms with Gasteiger partial charge in [-0.2, -0.15) is 0 Å². The quantitative estimate of drug-likeness (QED) is 0.435. The van der Waals surface area contributed by atoms with E-state index in [1.807, 2.05) is 0 Å². The number of ether oxygens (including phenoxy) is 3. The van der Waals surface area contributed by atoms with Crippen molar-refractivity contribution in [3.8, 4) is 0 Å². The molecule has 0 radical (unpaired) electrons. The van der Waals surface area contributed by atoms with Gasteiger partial charge in [0.2, 0.25) is 0 Å². The molecule has 0 rings (SSSR count). The van der Waals surface area contributed by atoms with Gasteiger partial charge in [-0.15, -0.1) is 0 Å². The zero-order valence-corrected chi connectivity index (χ0v) is 13.7. The first-order valence-electron chi connectivity index (χ1n) is 7.93. The van der Waals surface area contributed by atoms with Crippen LogP contribution in [0.15, 0.2) is 0 Å². The van der Waals surface area contributed by atoms with Crippen LogP contribution < -0.4 is 5.32 Å². The summed E-state index contributed by atoms with van der Waals surface area (Å²) in [6.07, 6.45) is 2.31. The standard InChI is InChI=1S/C15H34N2O3/c1-4-6-10-18-12-14-20-15-13-19-11-9-17(3)8-7-16-5-2/h16H,4-15H2,1-3H3. The second-order valence-corrected chi connectivity index (χ2v) is 4.85. The van der Waals surface area contributed by atoms with E-state index in [0.717, 1.165) is 45.8 Å². The molecule has 0 fully saturated rings. The first kappa shape index (κ1) is 19.8. The molecule has 0 saturated heterocycles. The highest BCUT2D eigenvalue weighted by Gasteiger charge is 1.97. The molecule has 0 heterocycles. The average molecular weight is 290 g/mol. The summed E-state index contributed by atoms with van der Waals surface area (Å²) in [5.41, 5.74) is 0. The molecule has 1 N–H and O–H groups in total. The van der Waals surface area contributed by atoms with Crippen LogP contribution in [0.3, 0.4) is 0 Å². The molecule has 0 aromatic heterocycles. The van der Waals surface area contributed by atoms with Gasteiger partial charge >= 0.3 is 0 Å². The Kier molecular flexibility index (Phi) is 16.7. The van der Waals surface area contributed by atoms with Gasteiger partial charge in [0.1, 0.15) is 0 Å². The molecule has 0 spiro atoms. The van der Waals surface area contributed by atoms with Crippen LogP contribution in [-0.4, -0.2) is 77.8 Å². The molecule has 0 aliphatic heterocycles. The van der Waals surface area contributed by atoms with Crippen molar-refractivity contribution in [2.24, 2.45) is 0 Å². The molecule has 0 unspecified atom stereocenters. The van der Waals surface area contributed by atoms with Crippen LogP contribution in [0.25, 0.3) is 0 Å². The van der Waals surface area contributed by atoms with Crippen molar-refractivity contribution >= 4 is 0 Å². The van der Waals surface area contributed by atoms with Crippen molar-refractivity contribution < 1.29 is 14.2 Å². The lowest BCUT2D eigenvalue weighted by Crippen LogP contribution is -2.31. The summed E-state index contributed by atoms with van der Waals surface area (Å²) in [6, 6.07) is 0. The summed E-state index contributed by atoms with van der Waals surface area (Å²) in [4.78, 5) is 2.27. The van der Waals surface area contributed by atoms with Crippen LogP contribution in [0.5, 0.6) is 0 Å². The Balaban J connectivity index is 3.05. The summed E-state index contributed by atoms with van der Waals surface area (Å²) < 4.78 is 16.4. The van der Waals surface area contributed by atoms with E-state index in [1.54, 1.807) is 0 Å². The summed E-state index contributed by atoms with van der Waals surface area (Å²) >= 11 is 0. The molecule has 5 heteroatoms. The minimum absolute atomic E-state index is 0.651. The number of unbranched alkanes of at least 4 members (excludes halogenated alkanes) is 1. The number of nitrogens with zero attached hydrogens (tertiary/aromatic N) is 1. The number of likely N-dealkylation sites (N-methyl/N-ethyl adjacent to an activating group) is 2. The highest BCUT2D eigenvalue weighted by Crippen LogP contribution is 1.88. The van der Waals surface area contributed by atoms with Crippen molar-refractivity contribution in [3.05, 3.63) is 0 Å². The third-order valence-corrected chi connectivity index (χ3v) is 2.92. The van der Waals surface area contributed by atoms with Crippen LogP contribution in [0, 0.1) is 0 Å². The molecule has 0 aromatic carbocycles. The van der Waals surface area contributed by atoms with Crippen LogP contribution in [-0.2, 0) is 14.2 Å². The molecule has 20 heavy (non-hydrogen) atoms. The largest absolute Gasteiger partial charge is 0.379 e. The molecule has 0 saturated carbocycles. The molecule has 0 amide bonds. The van der Waals surface area contributed by atoms with Gasteiger partial charge in [0, 0.05) is 26.2 Å². The first-order chi connectivity index (χ1) is 9.81. The van der Waals surface area contributed by atoms with Crippen molar-refractivity contribution in [1.82, 2.24) is 10.2 Å². The SMILES string of the molecule is CCCCOCCOCCOCCN(C)CCNCC. The van der Waals surface area contributed by atoms with Gasteiger partial charge in [0.25, 0.3) is 0 Å². The molecule has 0 bridgehead atoms. The fourth-order valence-corrected chi connectivity index (χ4v) is 1.57. The number of hydrogen-bond donors (Lipinski definition) is 1. The summed E-state index contributed by atoms with van der Waals surface area (Å²) in [6.45, 7) is 12.6. The molecule has 0 aliphatic rings. The van der Waals surface area contributed by atoms with Crippen LogP contribution >= 0.6 is 0 Å². The Morgan fingerprint density at radius 2 is 1.40 bits per heavy atom. The minimum atomic E-state index is 0.651. The van der Waals surface area contributed by atoms with Gasteiger partial charge in [0.15, 0.2) is 0 Å².